The van der Waals surface area contributed by atoms with Gasteiger partial charge in [-0.25, -0.2) is 0 Å². The van der Waals surface area contributed by atoms with Gasteiger partial charge in [0.1, 0.15) is 40.3 Å². The van der Waals surface area contributed by atoms with E-state index >= 15 is 0 Å². The Morgan fingerprint density at radius 1 is 0.900 bits per heavy atom. The van der Waals surface area contributed by atoms with E-state index in [4.69, 9.17) is 4.74 Å². The monoisotopic (exact) mass is 310 g/mol. The van der Waals surface area contributed by atoms with Crippen LogP contribution in [-0.2, 0) is 33.3 Å². The molecule has 1 nitrogen and oxygen atoms in total. The first kappa shape index (κ1) is 14.6. The van der Waals surface area contributed by atoms with E-state index in [1.165, 1.54) is 71.3 Å². The highest BCUT2D eigenvalue weighted by Crippen LogP contribution is 2.28. The third kappa shape index (κ3) is 3.67. The lowest BCUT2D eigenvalue weighted by Crippen LogP contribution is -2.09. The molecule has 2 saturated heterocycles. The van der Waals surface area contributed by atoms with E-state index in [1.54, 1.807) is 0 Å². The molecule has 1 aromatic rings. The highest BCUT2D eigenvalue weighted by Gasteiger charge is 2.27. The SMILES string of the molecule is COc1cc(C[S+]2CCCC2)ccc1C[S+]1CCCC1. The predicted octanol–water partition coefficient (Wildman–Crippen LogP) is 3.52. The lowest BCUT2D eigenvalue weighted by molar-refractivity contribution is 0.411. The van der Waals surface area contributed by atoms with Gasteiger partial charge in [0.2, 0.25) is 0 Å². The van der Waals surface area contributed by atoms with Crippen LogP contribution >= 0.6 is 0 Å². The molecule has 0 atom stereocenters. The van der Waals surface area contributed by atoms with Crippen LogP contribution in [0.15, 0.2) is 18.2 Å². The maximum atomic E-state index is 5.67. The standard InChI is InChI=1S/C17H26OS2/c1-18-17-12-15(13-19-8-2-3-9-19)6-7-16(17)14-20-10-4-5-11-20/h6-7,12H,2-5,8-11,13-14H2,1H3/q+2. The molecule has 0 N–H and O–H groups in total. The summed E-state index contributed by atoms with van der Waals surface area (Å²) in [4.78, 5) is 0. The minimum Gasteiger partial charge on any atom is -0.496 e. The average molecular weight is 311 g/mol. The molecule has 3 heteroatoms. The molecule has 20 heavy (non-hydrogen) atoms. The Hall–Kier alpha value is -0.280. The van der Waals surface area contributed by atoms with E-state index in [0.717, 1.165) is 5.75 Å². The number of hydrogen-bond acceptors (Lipinski definition) is 1. The third-order valence-corrected chi connectivity index (χ3v) is 9.24. The molecule has 0 amide bonds. The molecular formula is C17H26OS2+2. The lowest BCUT2D eigenvalue weighted by atomic mass is 10.1. The molecule has 2 fully saturated rings. The first-order chi connectivity index (χ1) is 9.85. The van der Waals surface area contributed by atoms with Gasteiger partial charge in [0.15, 0.2) is 0 Å². The summed E-state index contributed by atoms with van der Waals surface area (Å²) < 4.78 is 5.67. The van der Waals surface area contributed by atoms with Crippen LogP contribution in [0.2, 0.25) is 0 Å². The largest absolute Gasteiger partial charge is 0.496 e. The molecule has 2 aliphatic rings. The zero-order valence-electron chi connectivity index (χ0n) is 12.5. The molecule has 0 saturated carbocycles. The maximum Gasteiger partial charge on any atom is 0.136 e. The van der Waals surface area contributed by atoms with Crippen molar-refractivity contribution in [1.29, 1.82) is 0 Å². The van der Waals surface area contributed by atoms with Crippen molar-refractivity contribution >= 4 is 21.8 Å². The number of rotatable bonds is 5. The Morgan fingerprint density at radius 2 is 1.50 bits per heavy atom. The topological polar surface area (TPSA) is 9.23 Å². The molecule has 0 spiro atoms. The third-order valence-electron chi connectivity index (χ3n) is 4.31. The summed E-state index contributed by atoms with van der Waals surface area (Å²) in [5, 5.41) is 0. The van der Waals surface area contributed by atoms with Gasteiger partial charge in [0.25, 0.3) is 0 Å². The number of benzene rings is 1. The van der Waals surface area contributed by atoms with Crippen molar-refractivity contribution in [3.8, 4) is 5.75 Å². The molecule has 0 aromatic heterocycles. The average Bonchev–Trinajstić information content (AvgIpc) is 3.14. The normalized spacial score (nSPS) is 20.6. The van der Waals surface area contributed by atoms with E-state index in [0.29, 0.717) is 21.8 Å². The van der Waals surface area contributed by atoms with Gasteiger partial charge in [-0.05, 0) is 53.5 Å². The molecule has 0 aliphatic carbocycles. The van der Waals surface area contributed by atoms with Crippen molar-refractivity contribution < 1.29 is 4.74 Å². The molecule has 2 heterocycles. The van der Waals surface area contributed by atoms with E-state index in [-0.39, 0.29) is 0 Å². The van der Waals surface area contributed by atoms with E-state index in [1.807, 2.05) is 7.11 Å². The Balaban J connectivity index is 1.67. The molecule has 0 unspecified atom stereocenters. The first-order valence-electron chi connectivity index (χ1n) is 7.79. The van der Waals surface area contributed by atoms with Gasteiger partial charge in [-0.1, -0.05) is 12.1 Å². The lowest BCUT2D eigenvalue weighted by Gasteiger charge is -2.10. The van der Waals surface area contributed by atoms with E-state index < -0.39 is 0 Å². The van der Waals surface area contributed by atoms with Gasteiger partial charge in [0, 0.05) is 11.1 Å². The summed E-state index contributed by atoms with van der Waals surface area (Å²) in [6.07, 6.45) is 5.76. The van der Waals surface area contributed by atoms with Crippen LogP contribution in [0.5, 0.6) is 5.75 Å². The first-order valence-corrected chi connectivity index (χ1v) is 11.3. The van der Waals surface area contributed by atoms with Crippen molar-refractivity contribution in [1.82, 2.24) is 0 Å². The highest BCUT2D eigenvalue weighted by atomic mass is 32.2. The quantitative estimate of drug-likeness (QED) is 0.756. The second-order valence-corrected chi connectivity index (χ2v) is 10.6. The van der Waals surface area contributed by atoms with Crippen LogP contribution in [-0.4, -0.2) is 30.1 Å². The fraction of sp³-hybridized carbons (Fsp3) is 0.647. The van der Waals surface area contributed by atoms with Crippen LogP contribution in [0, 0.1) is 0 Å². The summed E-state index contributed by atoms with van der Waals surface area (Å²) in [5.41, 5.74) is 2.93. The molecule has 0 bridgehead atoms. The number of methoxy groups -OCH3 is 1. The minimum absolute atomic E-state index is 0.621. The summed E-state index contributed by atoms with van der Waals surface area (Å²) in [5.74, 6) is 9.45. The van der Waals surface area contributed by atoms with Gasteiger partial charge >= 0.3 is 0 Å². The molecule has 0 radical (unpaired) electrons. The smallest absolute Gasteiger partial charge is 0.136 e. The van der Waals surface area contributed by atoms with Crippen LogP contribution in [0.25, 0.3) is 0 Å². The fourth-order valence-corrected chi connectivity index (χ4v) is 7.94. The summed E-state index contributed by atoms with van der Waals surface area (Å²) in [6.45, 7) is 0. The Labute approximate surface area is 129 Å². The van der Waals surface area contributed by atoms with Crippen LogP contribution < -0.4 is 4.74 Å². The second kappa shape index (κ2) is 7.13. The zero-order valence-corrected chi connectivity index (χ0v) is 14.2. The summed E-state index contributed by atoms with van der Waals surface area (Å²) in [6, 6.07) is 7.03. The van der Waals surface area contributed by atoms with Crippen LogP contribution in [0.3, 0.4) is 0 Å². The Bertz CT molecular complexity index is 435. The Morgan fingerprint density at radius 3 is 2.10 bits per heavy atom. The van der Waals surface area contributed by atoms with Gasteiger partial charge in [-0.3, -0.25) is 0 Å². The summed E-state index contributed by atoms with van der Waals surface area (Å²) in [7, 11) is 3.10. The highest BCUT2D eigenvalue weighted by molar-refractivity contribution is 7.96. The zero-order chi connectivity index (χ0) is 13.8. The van der Waals surface area contributed by atoms with E-state index in [9.17, 15) is 0 Å². The van der Waals surface area contributed by atoms with Gasteiger partial charge in [0.05, 0.1) is 7.11 Å². The van der Waals surface area contributed by atoms with Crippen LogP contribution in [0.1, 0.15) is 36.8 Å². The van der Waals surface area contributed by atoms with Gasteiger partial charge < -0.3 is 4.74 Å². The predicted molar refractivity (Wildman–Crippen MR) is 93.1 cm³/mol. The van der Waals surface area contributed by atoms with Gasteiger partial charge in [-0.15, -0.1) is 0 Å². The van der Waals surface area contributed by atoms with Crippen molar-refractivity contribution in [3.05, 3.63) is 29.3 Å². The number of hydrogen-bond donors (Lipinski definition) is 0. The van der Waals surface area contributed by atoms with Crippen LogP contribution in [0.4, 0.5) is 0 Å². The van der Waals surface area contributed by atoms with Crippen molar-refractivity contribution in [2.24, 2.45) is 0 Å². The van der Waals surface area contributed by atoms with E-state index in [2.05, 4.69) is 18.2 Å². The van der Waals surface area contributed by atoms with Crippen molar-refractivity contribution in [2.75, 3.05) is 30.1 Å². The van der Waals surface area contributed by atoms with Crippen molar-refractivity contribution in [3.63, 3.8) is 0 Å². The van der Waals surface area contributed by atoms with Crippen molar-refractivity contribution in [2.45, 2.75) is 37.2 Å². The molecular weight excluding hydrogens is 284 g/mol. The second-order valence-electron chi connectivity index (χ2n) is 5.89. The molecule has 110 valence electrons. The minimum atomic E-state index is 0.621. The summed E-state index contributed by atoms with van der Waals surface area (Å²) >= 11 is 0. The van der Waals surface area contributed by atoms with Gasteiger partial charge in [-0.2, -0.15) is 0 Å². The Kier molecular flexibility index (Phi) is 5.22. The molecule has 2 aliphatic heterocycles. The fourth-order valence-electron chi connectivity index (χ4n) is 3.17. The molecule has 1 aromatic carbocycles. The maximum absolute atomic E-state index is 5.67. The number of ether oxygens (including phenoxy) is 1. The molecule has 3 rings (SSSR count).